The first-order chi connectivity index (χ1) is 15.7. The second-order valence-corrected chi connectivity index (χ2v) is 10.5. The van der Waals surface area contributed by atoms with E-state index in [0.29, 0.717) is 11.3 Å². The van der Waals surface area contributed by atoms with Gasteiger partial charge in [-0.1, -0.05) is 45.1 Å². The molecule has 3 unspecified atom stereocenters. The Morgan fingerprint density at radius 2 is 1.82 bits per heavy atom. The number of carbonyl (C=O) groups is 2. The highest BCUT2D eigenvalue weighted by molar-refractivity contribution is 8.04. The van der Waals surface area contributed by atoms with Crippen LogP contribution < -0.4 is 10.1 Å². The molecule has 1 aromatic carbocycles. The van der Waals surface area contributed by atoms with Crippen molar-refractivity contribution in [2.24, 2.45) is 11.3 Å². The highest BCUT2D eigenvalue weighted by atomic mass is 32.2. The predicted octanol–water partition coefficient (Wildman–Crippen LogP) is 5.18. The van der Waals surface area contributed by atoms with E-state index in [2.05, 4.69) is 10.1 Å². The fourth-order valence-corrected chi connectivity index (χ4v) is 4.84. The zero-order valence-corrected chi connectivity index (χ0v) is 19.9. The Morgan fingerprint density at radius 3 is 2.38 bits per heavy atom. The fraction of sp³-hybridized carbons (Fsp3) is 0.417. The molecule has 1 aliphatic heterocycles. The first-order valence-corrected chi connectivity index (χ1v) is 11.4. The number of benzene rings is 1. The molecule has 10 heteroatoms. The average molecular weight is 498 g/mol. The summed E-state index contributed by atoms with van der Waals surface area (Å²) in [5.41, 5.74) is 0.0851. The lowest BCUT2D eigenvalue weighted by Gasteiger charge is -2.30. The van der Waals surface area contributed by atoms with E-state index < -0.39 is 29.7 Å². The average Bonchev–Trinajstić information content (AvgIpc) is 3.09. The Kier molecular flexibility index (Phi) is 7.40. The summed E-state index contributed by atoms with van der Waals surface area (Å²) in [6.07, 6.45) is 0.729. The second kappa shape index (κ2) is 9.77. The van der Waals surface area contributed by atoms with E-state index in [9.17, 15) is 27.9 Å². The van der Waals surface area contributed by atoms with Gasteiger partial charge < -0.3 is 19.9 Å². The lowest BCUT2D eigenvalue weighted by atomic mass is 9.86. The van der Waals surface area contributed by atoms with E-state index in [0.717, 1.165) is 4.91 Å². The SMILES string of the molecule is CC1=CC2C(OCc3ccc(OC(F)(F)F)cc3)=C(C(=O)NC(C(=O)O)C(C)(C)C)C=CC2S1. The maximum Gasteiger partial charge on any atom is 0.573 e. The molecular formula is C24H26F3NO5S. The smallest absolute Gasteiger partial charge is 0.492 e. The summed E-state index contributed by atoms with van der Waals surface area (Å²) >= 11 is 1.63. The molecular weight excluding hydrogens is 471 g/mol. The number of ether oxygens (including phenoxy) is 2. The van der Waals surface area contributed by atoms with Crippen LogP contribution in [0.2, 0.25) is 0 Å². The quantitative estimate of drug-likeness (QED) is 0.540. The standard InChI is InChI=1S/C24H26F3NO5S/c1-13-11-17-18(34-13)10-9-16(21(29)28-20(22(30)31)23(2,3)4)19(17)32-12-14-5-7-15(8-6-14)33-24(25,26)27/h5-11,17-18,20H,12H2,1-4H3,(H,28,29)(H,30,31). The number of alkyl halides is 3. The van der Waals surface area contributed by atoms with Gasteiger partial charge in [-0.05, 0) is 41.0 Å². The third kappa shape index (κ3) is 6.37. The molecule has 1 aromatic rings. The molecule has 184 valence electrons. The van der Waals surface area contributed by atoms with Crippen LogP contribution in [0.15, 0.2) is 58.7 Å². The molecule has 3 atom stereocenters. The van der Waals surface area contributed by atoms with Crippen molar-refractivity contribution < 1.29 is 37.3 Å². The Hall–Kier alpha value is -2.88. The lowest BCUT2D eigenvalue weighted by Crippen LogP contribution is -2.49. The molecule has 2 aliphatic rings. The zero-order chi connectivity index (χ0) is 25.3. The minimum absolute atomic E-state index is 0.00859. The number of amides is 1. The molecule has 0 fully saturated rings. The minimum Gasteiger partial charge on any atom is -0.492 e. The summed E-state index contributed by atoms with van der Waals surface area (Å²) in [4.78, 5) is 25.9. The molecule has 6 nitrogen and oxygen atoms in total. The Labute approximate surface area is 199 Å². The topological polar surface area (TPSA) is 84.9 Å². The normalized spacial score (nSPS) is 21.0. The number of carboxylic acid groups (broad SMARTS) is 1. The number of fused-ring (bicyclic) bond motifs is 1. The second-order valence-electron chi connectivity index (χ2n) is 9.11. The van der Waals surface area contributed by atoms with Gasteiger partial charge in [0.1, 0.15) is 24.2 Å². The highest BCUT2D eigenvalue weighted by Gasteiger charge is 2.38. The van der Waals surface area contributed by atoms with Crippen LogP contribution in [0.3, 0.4) is 0 Å². The molecule has 0 spiro atoms. The van der Waals surface area contributed by atoms with Crippen LogP contribution in [-0.2, 0) is 20.9 Å². The number of aliphatic carboxylic acids is 1. The van der Waals surface area contributed by atoms with Crippen molar-refractivity contribution in [1.29, 1.82) is 0 Å². The van der Waals surface area contributed by atoms with Crippen molar-refractivity contribution in [3.8, 4) is 5.75 Å². The van der Waals surface area contributed by atoms with Crippen molar-refractivity contribution in [3.63, 3.8) is 0 Å². The largest absolute Gasteiger partial charge is 0.573 e. The van der Waals surface area contributed by atoms with E-state index >= 15 is 0 Å². The van der Waals surface area contributed by atoms with E-state index in [-0.39, 0.29) is 29.1 Å². The van der Waals surface area contributed by atoms with Gasteiger partial charge in [-0.15, -0.1) is 24.9 Å². The number of thioether (sulfide) groups is 1. The number of hydrogen-bond donors (Lipinski definition) is 2. The first-order valence-electron chi connectivity index (χ1n) is 10.5. The van der Waals surface area contributed by atoms with Crippen molar-refractivity contribution in [2.75, 3.05) is 0 Å². The van der Waals surface area contributed by atoms with E-state index in [1.54, 1.807) is 38.6 Å². The molecule has 34 heavy (non-hydrogen) atoms. The van der Waals surface area contributed by atoms with Crippen LogP contribution in [0.25, 0.3) is 0 Å². The van der Waals surface area contributed by atoms with Crippen LogP contribution in [0.5, 0.6) is 5.75 Å². The molecule has 1 aliphatic carbocycles. The van der Waals surface area contributed by atoms with Gasteiger partial charge in [0, 0.05) is 5.25 Å². The maximum atomic E-state index is 13.1. The monoisotopic (exact) mass is 497 g/mol. The first kappa shape index (κ1) is 25.7. The van der Waals surface area contributed by atoms with Crippen LogP contribution in [0, 0.1) is 11.3 Å². The number of rotatable bonds is 7. The number of halogens is 3. The van der Waals surface area contributed by atoms with Crippen molar-refractivity contribution in [1.82, 2.24) is 5.32 Å². The van der Waals surface area contributed by atoms with Gasteiger partial charge in [-0.25, -0.2) is 4.79 Å². The van der Waals surface area contributed by atoms with Crippen LogP contribution >= 0.6 is 11.8 Å². The summed E-state index contributed by atoms with van der Waals surface area (Å²) < 4.78 is 47.1. The van der Waals surface area contributed by atoms with Crippen LogP contribution in [0.1, 0.15) is 33.3 Å². The van der Waals surface area contributed by atoms with Gasteiger partial charge in [0.15, 0.2) is 0 Å². The molecule has 0 bridgehead atoms. The number of carbonyl (C=O) groups excluding carboxylic acids is 1. The molecule has 1 heterocycles. The van der Waals surface area contributed by atoms with E-state index in [1.165, 1.54) is 24.3 Å². The summed E-state index contributed by atoms with van der Waals surface area (Å²) in [7, 11) is 0. The third-order valence-corrected chi connectivity index (χ3v) is 6.53. The fourth-order valence-electron chi connectivity index (χ4n) is 3.68. The molecule has 2 N–H and O–H groups in total. The van der Waals surface area contributed by atoms with Gasteiger partial charge in [-0.2, -0.15) is 0 Å². The lowest BCUT2D eigenvalue weighted by molar-refractivity contribution is -0.274. The molecule has 0 aromatic heterocycles. The summed E-state index contributed by atoms with van der Waals surface area (Å²) in [5.74, 6) is -1.88. The van der Waals surface area contributed by atoms with Gasteiger partial charge >= 0.3 is 12.3 Å². The van der Waals surface area contributed by atoms with Crippen LogP contribution in [0.4, 0.5) is 13.2 Å². The number of hydrogen-bond acceptors (Lipinski definition) is 5. The number of carboxylic acids is 1. The van der Waals surface area contributed by atoms with Crippen molar-refractivity contribution in [3.05, 3.63) is 64.3 Å². The van der Waals surface area contributed by atoms with Gasteiger partial charge in [-0.3, -0.25) is 4.79 Å². The van der Waals surface area contributed by atoms with Crippen molar-refractivity contribution in [2.45, 2.75) is 52.0 Å². The zero-order valence-electron chi connectivity index (χ0n) is 19.1. The molecule has 1 amide bonds. The van der Waals surface area contributed by atoms with E-state index in [4.69, 9.17) is 4.74 Å². The summed E-state index contributed by atoms with van der Waals surface area (Å²) in [6, 6.07) is 4.16. The maximum absolute atomic E-state index is 13.1. The predicted molar refractivity (Wildman–Crippen MR) is 122 cm³/mol. The van der Waals surface area contributed by atoms with Crippen molar-refractivity contribution >= 4 is 23.6 Å². The van der Waals surface area contributed by atoms with Gasteiger partial charge in [0.05, 0.1) is 11.5 Å². The summed E-state index contributed by atoms with van der Waals surface area (Å²) in [6.45, 7) is 7.12. The molecule has 3 rings (SSSR count). The highest BCUT2D eigenvalue weighted by Crippen LogP contribution is 2.44. The Bertz CT molecular complexity index is 1040. The number of nitrogens with one attached hydrogen (secondary N) is 1. The van der Waals surface area contributed by atoms with Gasteiger partial charge in [0.25, 0.3) is 5.91 Å². The molecule has 0 saturated carbocycles. The Balaban J connectivity index is 1.84. The number of allylic oxidation sites excluding steroid dienone is 2. The molecule has 0 saturated heterocycles. The van der Waals surface area contributed by atoms with E-state index in [1.807, 2.05) is 19.1 Å². The summed E-state index contributed by atoms with van der Waals surface area (Å²) in [5, 5.41) is 12.2. The van der Waals surface area contributed by atoms with Gasteiger partial charge in [0.2, 0.25) is 0 Å². The van der Waals surface area contributed by atoms with Crippen LogP contribution in [-0.4, -0.2) is 34.6 Å². The third-order valence-electron chi connectivity index (χ3n) is 5.30. The molecule has 0 radical (unpaired) electrons. The minimum atomic E-state index is -4.78. The Morgan fingerprint density at radius 1 is 1.18 bits per heavy atom.